The van der Waals surface area contributed by atoms with Gasteiger partial charge in [0.2, 0.25) is 0 Å². The third-order valence-corrected chi connectivity index (χ3v) is 6.68. The molecule has 0 bridgehead atoms. The Morgan fingerprint density at radius 1 is 1.16 bits per heavy atom. The summed E-state index contributed by atoms with van der Waals surface area (Å²) in [6, 6.07) is 19.6. The summed E-state index contributed by atoms with van der Waals surface area (Å²) >= 11 is 0. The highest BCUT2D eigenvalue weighted by atomic mass is 16.5. The zero-order chi connectivity index (χ0) is 27.1. The Morgan fingerprint density at radius 3 is 2.68 bits per heavy atom. The van der Waals surface area contributed by atoms with Gasteiger partial charge in [0.1, 0.15) is 5.82 Å². The normalized spacial score (nSPS) is 14.0. The Balaban J connectivity index is 1.51. The average molecular weight is 518 g/mol. The number of hydrogen-bond donors (Lipinski definition) is 2. The van der Waals surface area contributed by atoms with Crippen LogP contribution in [0.4, 0.5) is 22.0 Å². The molecular formula is C29H35N5O4. The minimum absolute atomic E-state index is 0.0863. The summed E-state index contributed by atoms with van der Waals surface area (Å²) in [4.78, 5) is 34.4. The lowest BCUT2D eigenvalue weighted by Crippen LogP contribution is -2.33. The Hall–Kier alpha value is -4.11. The zero-order valence-corrected chi connectivity index (χ0v) is 22.1. The van der Waals surface area contributed by atoms with E-state index in [0.717, 1.165) is 34.9 Å². The molecule has 38 heavy (non-hydrogen) atoms. The largest absolute Gasteiger partial charge is 0.465 e. The van der Waals surface area contributed by atoms with E-state index in [2.05, 4.69) is 15.2 Å². The van der Waals surface area contributed by atoms with E-state index >= 15 is 0 Å². The Labute approximate surface area is 223 Å². The molecule has 4 rings (SSSR count). The van der Waals surface area contributed by atoms with E-state index in [1.54, 1.807) is 18.1 Å². The van der Waals surface area contributed by atoms with Crippen LogP contribution in [0, 0.1) is 0 Å². The number of nitrogens with zero attached hydrogens (tertiary/aromatic N) is 4. The van der Waals surface area contributed by atoms with Crippen molar-refractivity contribution in [2.24, 2.45) is 0 Å². The van der Waals surface area contributed by atoms with Crippen LogP contribution in [0.3, 0.4) is 0 Å². The summed E-state index contributed by atoms with van der Waals surface area (Å²) in [5, 5.41) is 12.4. The van der Waals surface area contributed by atoms with Crippen molar-refractivity contribution in [1.29, 1.82) is 0 Å². The maximum Gasteiger partial charge on any atom is 0.407 e. The predicted octanol–water partition coefficient (Wildman–Crippen LogP) is 4.87. The summed E-state index contributed by atoms with van der Waals surface area (Å²) in [5.74, 6) is 0.665. The van der Waals surface area contributed by atoms with Crippen molar-refractivity contribution in [3.05, 3.63) is 83.6 Å². The molecule has 0 fully saturated rings. The van der Waals surface area contributed by atoms with Crippen LogP contribution in [0.25, 0.3) is 0 Å². The van der Waals surface area contributed by atoms with Crippen LogP contribution in [0.15, 0.2) is 66.9 Å². The number of carbonyl (C=O) groups is 2. The van der Waals surface area contributed by atoms with Crippen LogP contribution in [0.5, 0.6) is 0 Å². The van der Waals surface area contributed by atoms with Crippen molar-refractivity contribution in [2.45, 2.75) is 26.1 Å². The number of ether oxygens (including phenoxy) is 1. The minimum Gasteiger partial charge on any atom is -0.465 e. The van der Waals surface area contributed by atoms with E-state index in [4.69, 9.17) is 4.74 Å². The molecule has 1 unspecified atom stereocenters. The second kappa shape index (κ2) is 12.4. The smallest absolute Gasteiger partial charge is 0.407 e. The lowest BCUT2D eigenvalue weighted by atomic mass is 10.1. The summed E-state index contributed by atoms with van der Waals surface area (Å²) < 4.78 is 6.30. The first-order valence-electron chi connectivity index (χ1n) is 12.8. The summed E-state index contributed by atoms with van der Waals surface area (Å²) in [6.07, 6.45) is 0.948. The number of nitrogens with one attached hydrogen (secondary N) is 1. The Bertz CT molecular complexity index is 1250. The maximum atomic E-state index is 13.6. The summed E-state index contributed by atoms with van der Waals surface area (Å²) in [5.41, 5.74) is 4.16. The molecule has 2 amide bonds. The number of pyridine rings is 1. The second-order valence-electron chi connectivity index (χ2n) is 9.37. The maximum absolute atomic E-state index is 13.6. The van der Waals surface area contributed by atoms with E-state index in [-0.39, 0.29) is 12.0 Å². The molecule has 2 aromatic carbocycles. The topological polar surface area (TPSA) is 98.2 Å². The van der Waals surface area contributed by atoms with Crippen molar-refractivity contribution < 1.29 is 19.4 Å². The third kappa shape index (κ3) is 6.41. The van der Waals surface area contributed by atoms with E-state index in [9.17, 15) is 14.7 Å². The number of carboxylic acid groups (broad SMARTS) is 1. The highest BCUT2D eigenvalue weighted by molar-refractivity contribution is 6.10. The van der Waals surface area contributed by atoms with Crippen molar-refractivity contribution >= 4 is 29.2 Å². The first-order chi connectivity index (χ1) is 18.4. The number of anilines is 3. The van der Waals surface area contributed by atoms with Gasteiger partial charge in [-0.3, -0.25) is 4.79 Å². The predicted molar refractivity (Wildman–Crippen MR) is 149 cm³/mol. The van der Waals surface area contributed by atoms with Gasteiger partial charge in [-0.05, 0) is 36.6 Å². The van der Waals surface area contributed by atoms with Gasteiger partial charge >= 0.3 is 6.09 Å². The standard InChI is InChI=1S/C29H35N5O4/c1-4-30-27-18-25-24(19-31-27)28(35)34(16-15-32(25)2)23-12-8-9-21(17-23)20-38-26(13-14-33(3)29(36)37)22-10-6-5-7-11-22/h5-12,17-19,26H,4,13-16,20H2,1-3H3,(H,30,31)(H,36,37). The summed E-state index contributed by atoms with van der Waals surface area (Å²) in [6.45, 7) is 4.67. The van der Waals surface area contributed by atoms with Crippen LogP contribution < -0.4 is 15.1 Å². The fraction of sp³-hybridized carbons (Fsp3) is 0.345. The van der Waals surface area contributed by atoms with Gasteiger partial charge in [0.25, 0.3) is 5.91 Å². The number of rotatable bonds is 10. The van der Waals surface area contributed by atoms with Gasteiger partial charge in [0.05, 0.1) is 24.0 Å². The van der Waals surface area contributed by atoms with Crippen LogP contribution >= 0.6 is 0 Å². The van der Waals surface area contributed by atoms with Gasteiger partial charge < -0.3 is 29.9 Å². The number of fused-ring (bicyclic) bond motifs is 1. The second-order valence-corrected chi connectivity index (χ2v) is 9.37. The molecular weight excluding hydrogens is 482 g/mol. The van der Waals surface area contributed by atoms with Gasteiger partial charge in [0.15, 0.2) is 0 Å². The van der Waals surface area contributed by atoms with Gasteiger partial charge in [-0.2, -0.15) is 0 Å². The van der Waals surface area contributed by atoms with E-state index < -0.39 is 6.09 Å². The Morgan fingerprint density at radius 2 is 1.95 bits per heavy atom. The molecule has 1 aromatic heterocycles. The molecule has 9 heteroatoms. The van der Waals surface area contributed by atoms with Gasteiger partial charge in [-0.15, -0.1) is 0 Å². The molecule has 200 valence electrons. The average Bonchev–Trinajstić information content (AvgIpc) is 3.05. The van der Waals surface area contributed by atoms with Gasteiger partial charge in [-0.25, -0.2) is 9.78 Å². The zero-order valence-electron chi connectivity index (χ0n) is 22.1. The molecule has 0 radical (unpaired) electrons. The van der Waals surface area contributed by atoms with Crippen LogP contribution in [0.2, 0.25) is 0 Å². The van der Waals surface area contributed by atoms with E-state index in [1.807, 2.05) is 74.6 Å². The molecule has 0 saturated carbocycles. The number of likely N-dealkylation sites (N-methyl/N-ethyl adjacent to an activating group) is 1. The van der Waals surface area contributed by atoms with E-state index in [1.165, 1.54) is 4.90 Å². The third-order valence-electron chi connectivity index (χ3n) is 6.68. The molecule has 1 aliphatic rings. The highest BCUT2D eigenvalue weighted by Gasteiger charge is 2.27. The van der Waals surface area contributed by atoms with Crippen molar-refractivity contribution in [2.75, 3.05) is 55.4 Å². The van der Waals surface area contributed by atoms with Crippen molar-refractivity contribution in [1.82, 2.24) is 9.88 Å². The SMILES string of the molecule is CCNc1cc2c(cn1)C(=O)N(c1cccc(COC(CCN(C)C(=O)O)c3ccccc3)c1)CCN2C. The number of benzene rings is 2. The fourth-order valence-corrected chi connectivity index (χ4v) is 4.50. The van der Waals surface area contributed by atoms with Crippen LogP contribution in [-0.2, 0) is 11.3 Å². The number of amides is 2. The number of carbonyl (C=O) groups excluding carboxylic acids is 1. The molecule has 0 saturated heterocycles. The van der Waals surface area contributed by atoms with E-state index in [0.29, 0.717) is 38.2 Å². The lowest BCUT2D eigenvalue weighted by Gasteiger charge is -2.23. The number of aromatic nitrogens is 1. The Kier molecular flexibility index (Phi) is 8.81. The molecule has 1 atom stereocenters. The molecule has 9 nitrogen and oxygen atoms in total. The number of hydrogen-bond acceptors (Lipinski definition) is 6. The molecule has 2 heterocycles. The summed E-state index contributed by atoms with van der Waals surface area (Å²) in [7, 11) is 3.54. The fourth-order valence-electron chi connectivity index (χ4n) is 4.50. The quantitative estimate of drug-likeness (QED) is 0.396. The molecule has 0 aliphatic carbocycles. The molecule has 0 spiro atoms. The van der Waals surface area contributed by atoms with Gasteiger partial charge in [0, 0.05) is 58.2 Å². The van der Waals surface area contributed by atoms with Crippen molar-refractivity contribution in [3.63, 3.8) is 0 Å². The van der Waals surface area contributed by atoms with Crippen LogP contribution in [0.1, 0.15) is 40.9 Å². The first kappa shape index (κ1) is 26.9. The molecule has 2 N–H and O–H groups in total. The first-order valence-corrected chi connectivity index (χ1v) is 12.8. The highest BCUT2D eigenvalue weighted by Crippen LogP contribution is 2.30. The monoisotopic (exact) mass is 517 g/mol. The van der Waals surface area contributed by atoms with Gasteiger partial charge in [-0.1, -0.05) is 42.5 Å². The minimum atomic E-state index is -0.966. The van der Waals surface area contributed by atoms with Crippen LogP contribution in [-0.4, -0.2) is 67.3 Å². The van der Waals surface area contributed by atoms with Crippen molar-refractivity contribution in [3.8, 4) is 0 Å². The molecule has 3 aromatic rings. The lowest BCUT2D eigenvalue weighted by molar-refractivity contribution is 0.0288. The molecule has 1 aliphatic heterocycles.